The SMILES string of the molecule is CCOc1ccc([C@H]2CCCN2C(=O)NCCCn2cccn2)cc1. The molecule has 1 aromatic heterocycles. The number of rotatable bonds is 7. The first kappa shape index (κ1) is 17.3. The van der Waals surface area contributed by atoms with Crippen molar-refractivity contribution in [3.63, 3.8) is 0 Å². The Kier molecular flexibility index (Phi) is 5.93. The van der Waals surface area contributed by atoms with Gasteiger partial charge in [0.2, 0.25) is 0 Å². The minimum atomic E-state index is 0.0249. The Labute approximate surface area is 148 Å². The Morgan fingerprint density at radius 1 is 1.36 bits per heavy atom. The van der Waals surface area contributed by atoms with Crippen molar-refractivity contribution in [2.45, 2.75) is 38.8 Å². The molecule has 25 heavy (non-hydrogen) atoms. The second kappa shape index (κ2) is 8.55. The molecule has 0 spiro atoms. The van der Waals surface area contributed by atoms with Gasteiger partial charge in [-0.15, -0.1) is 0 Å². The maximum absolute atomic E-state index is 12.5. The van der Waals surface area contributed by atoms with Crippen molar-refractivity contribution < 1.29 is 9.53 Å². The quantitative estimate of drug-likeness (QED) is 0.786. The minimum absolute atomic E-state index is 0.0249. The lowest BCUT2D eigenvalue weighted by Gasteiger charge is -2.25. The van der Waals surface area contributed by atoms with Gasteiger partial charge in [-0.25, -0.2) is 4.79 Å². The molecule has 6 heteroatoms. The Bertz CT molecular complexity index is 655. The number of likely N-dealkylation sites (tertiary alicyclic amines) is 1. The molecule has 2 amide bonds. The highest BCUT2D eigenvalue weighted by Gasteiger charge is 2.29. The smallest absolute Gasteiger partial charge is 0.317 e. The van der Waals surface area contributed by atoms with Gasteiger partial charge in [0.1, 0.15) is 5.75 Å². The summed E-state index contributed by atoms with van der Waals surface area (Å²) in [4.78, 5) is 14.5. The minimum Gasteiger partial charge on any atom is -0.494 e. The van der Waals surface area contributed by atoms with E-state index in [1.54, 1.807) is 6.20 Å². The molecule has 1 N–H and O–H groups in total. The van der Waals surface area contributed by atoms with Crippen molar-refractivity contribution in [3.05, 3.63) is 48.3 Å². The molecular formula is C19H26N4O2. The number of hydrogen-bond acceptors (Lipinski definition) is 3. The monoisotopic (exact) mass is 342 g/mol. The molecule has 1 saturated heterocycles. The zero-order chi connectivity index (χ0) is 17.5. The van der Waals surface area contributed by atoms with E-state index in [0.717, 1.165) is 38.1 Å². The van der Waals surface area contributed by atoms with E-state index < -0.39 is 0 Å². The molecule has 0 unspecified atom stereocenters. The van der Waals surface area contributed by atoms with E-state index in [9.17, 15) is 4.79 Å². The zero-order valence-electron chi connectivity index (χ0n) is 14.7. The number of benzene rings is 1. The molecule has 1 atom stereocenters. The number of aryl methyl sites for hydroxylation is 1. The Balaban J connectivity index is 1.50. The van der Waals surface area contributed by atoms with Crippen molar-refractivity contribution in [3.8, 4) is 5.75 Å². The standard InChI is InChI=1S/C19H26N4O2/c1-2-25-17-9-7-16(8-10-17)18-6-3-15-23(18)19(24)20-11-4-13-22-14-5-12-21-22/h5,7-10,12,14,18H,2-4,6,11,13,15H2,1H3,(H,20,24)/t18-/m1/s1. The lowest BCUT2D eigenvalue weighted by molar-refractivity contribution is 0.192. The number of urea groups is 1. The van der Waals surface area contributed by atoms with Crippen LogP contribution in [0.3, 0.4) is 0 Å². The van der Waals surface area contributed by atoms with Crippen LogP contribution in [0.4, 0.5) is 4.79 Å². The Morgan fingerprint density at radius 3 is 2.92 bits per heavy atom. The van der Waals surface area contributed by atoms with Crippen molar-refractivity contribution >= 4 is 6.03 Å². The van der Waals surface area contributed by atoms with Gasteiger partial charge in [0.25, 0.3) is 0 Å². The van der Waals surface area contributed by atoms with E-state index >= 15 is 0 Å². The fraction of sp³-hybridized carbons (Fsp3) is 0.474. The first-order valence-corrected chi connectivity index (χ1v) is 9.02. The molecule has 3 rings (SSSR count). The molecule has 1 aliphatic heterocycles. The molecule has 2 heterocycles. The molecule has 1 fully saturated rings. The van der Waals surface area contributed by atoms with E-state index in [1.165, 1.54) is 5.56 Å². The molecular weight excluding hydrogens is 316 g/mol. The van der Waals surface area contributed by atoms with Gasteiger partial charge in [-0.2, -0.15) is 5.10 Å². The number of nitrogens with one attached hydrogen (secondary N) is 1. The van der Waals surface area contributed by atoms with Gasteiger partial charge < -0.3 is 15.0 Å². The van der Waals surface area contributed by atoms with Gasteiger partial charge in [0, 0.05) is 32.0 Å². The molecule has 2 aromatic rings. The van der Waals surface area contributed by atoms with E-state index in [-0.39, 0.29) is 12.1 Å². The zero-order valence-corrected chi connectivity index (χ0v) is 14.7. The van der Waals surface area contributed by atoms with Crippen LogP contribution >= 0.6 is 0 Å². The lowest BCUT2D eigenvalue weighted by atomic mass is 10.0. The number of carbonyl (C=O) groups excluding carboxylic acids is 1. The second-order valence-electron chi connectivity index (χ2n) is 6.21. The topological polar surface area (TPSA) is 59.4 Å². The van der Waals surface area contributed by atoms with Crippen LogP contribution < -0.4 is 10.1 Å². The van der Waals surface area contributed by atoms with Crippen LogP contribution in [0.15, 0.2) is 42.7 Å². The van der Waals surface area contributed by atoms with E-state index in [0.29, 0.717) is 13.2 Å². The normalized spacial score (nSPS) is 16.8. The third kappa shape index (κ3) is 4.53. The predicted octanol–water partition coefficient (Wildman–Crippen LogP) is 3.22. The van der Waals surface area contributed by atoms with Crippen molar-refractivity contribution in [2.75, 3.05) is 19.7 Å². The van der Waals surface area contributed by atoms with Gasteiger partial charge in [0.05, 0.1) is 12.6 Å². The fourth-order valence-electron chi connectivity index (χ4n) is 3.28. The molecule has 0 saturated carbocycles. The van der Waals surface area contributed by atoms with Gasteiger partial charge in [0.15, 0.2) is 0 Å². The van der Waals surface area contributed by atoms with Crippen LogP contribution in [0.2, 0.25) is 0 Å². The number of hydrogen-bond donors (Lipinski definition) is 1. The summed E-state index contributed by atoms with van der Waals surface area (Å²) in [5.74, 6) is 0.874. The van der Waals surface area contributed by atoms with Crippen LogP contribution in [0.1, 0.15) is 37.8 Å². The molecule has 6 nitrogen and oxygen atoms in total. The fourth-order valence-corrected chi connectivity index (χ4v) is 3.28. The Morgan fingerprint density at radius 2 is 2.20 bits per heavy atom. The number of nitrogens with zero attached hydrogens (tertiary/aromatic N) is 3. The highest BCUT2D eigenvalue weighted by molar-refractivity contribution is 5.75. The first-order chi connectivity index (χ1) is 12.3. The number of amides is 2. The number of carbonyl (C=O) groups is 1. The highest BCUT2D eigenvalue weighted by Crippen LogP contribution is 2.32. The van der Waals surface area contributed by atoms with Crippen LogP contribution in [0, 0.1) is 0 Å². The van der Waals surface area contributed by atoms with Crippen LogP contribution in [-0.4, -0.2) is 40.4 Å². The summed E-state index contributed by atoms with van der Waals surface area (Å²) in [7, 11) is 0. The highest BCUT2D eigenvalue weighted by atomic mass is 16.5. The largest absolute Gasteiger partial charge is 0.494 e. The summed E-state index contributed by atoms with van der Waals surface area (Å²) in [6, 6.07) is 10.2. The number of ether oxygens (including phenoxy) is 1. The summed E-state index contributed by atoms with van der Waals surface area (Å²) >= 11 is 0. The number of aromatic nitrogens is 2. The third-order valence-corrected chi connectivity index (χ3v) is 4.49. The van der Waals surface area contributed by atoms with Crippen molar-refractivity contribution in [2.24, 2.45) is 0 Å². The van der Waals surface area contributed by atoms with E-state index in [1.807, 2.05) is 40.9 Å². The summed E-state index contributed by atoms with van der Waals surface area (Å²) in [6.45, 7) is 4.92. The predicted molar refractivity (Wildman–Crippen MR) is 96.5 cm³/mol. The average molecular weight is 342 g/mol. The van der Waals surface area contributed by atoms with Gasteiger partial charge in [-0.3, -0.25) is 4.68 Å². The van der Waals surface area contributed by atoms with E-state index in [2.05, 4.69) is 22.5 Å². The first-order valence-electron chi connectivity index (χ1n) is 9.02. The van der Waals surface area contributed by atoms with Gasteiger partial charge in [-0.05, 0) is 49.9 Å². The maximum atomic E-state index is 12.5. The average Bonchev–Trinajstić information content (AvgIpc) is 3.31. The molecule has 1 aliphatic rings. The second-order valence-corrected chi connectivity index (χ2v) is 6.21. The molecule has 0 aliphatic carbocycles. The molecule has 134 valence electrons. The van der Waals surface area contributed by atoms with E-state index in [4.69, 9.17) is 4.74 Å². The third-order valence-electron chi connectivity index (χ3n) is 4.49. The summed E-state index contributed by atoms with van der Waals surface area (Å²) in [6.07, 6.45) is 6.62. The van der Waals surface area contributed by atoms with Crippen LogP contribution in [0.25, 0.3) is 0 Å². The van der Waals surface area contributed by atoms with Crippen LogP contribution in [0.5, 0.6) is 5.75 Å². The van der Waals surface area contributed by atoms with Crippen molar-refractivity contribution in [1.82, 2.24) is 20.0 Å². The van der Waals surface area contributed by atoms with Crippen molar-refractivity contribution in [1.29, 1.82) is 0 Å². The molecule has 1 aromatic carbocycles. The summed E-state index contributed by atoms with van der Waals surface area (Å²) in [5, 5.41) is 7.21. The lowest BCUT2D eigenvalue weighted by Crippen LogP contribution is -2.40. The Hall–Kier alpha value is -2.50. The van der Waals surface area contributed by atoms with Gasteiger partial charge in [-0.1, -0.05) is 12.1 Å². The molecule has 0 bridgehead atoms. The summed E-state index contributed by atoms with van der Waals surface area (Å²) < 4.78 is 7.37. The van der Waals surface area contributed by atoms with Crippen LogP contribution in [-0.2, 0) is 6.54 Å². The molecule has 0 radical (unpaired) electrons. The maximum Gasteiger partial charge on any atom is 0.317 e. The van der Waals surface area contributed by atoms with Gasteiger partial charge >= 0.3 is 6.03 Å². The summed E-state index contributed by atoms with van der Waals surface area (Å²) in [5.41, 5.74) is 1.17.